The molecule has 3 aromatic rings. The molecular weight excluding hydrogens is 276 g/mol. The largest absolute Gasteiger partial charge is 0.497 e. The number of ether oxygens (including phenoxy) is 1. The molecule has 1 atom stereocenters. The van der Waals surface area contributed by atoms with Crippen LogP contribution in [0.15, 0.2) is 77.4 Å². The van der Waals surface area contributed by atoms with E-state index in [4.69, 9.17) is 9.15 Å². The van der Waals surface area contributed by atoms with E-state index < -0.39 is 5.92 Å². The van der Waals surface area contributed by atoms with Crippen LogP contribution in [0.5, 0.6) is 5.75 Å². The van der Waals surface area contributed by atoms with E-state index in [0.29, 0.717) is 5.76 Å². The average molecular weight is 292 g/mol. The SMILES string of the molecule is COc1ccc([C@@H](C(=O)c2ccco2)c2ccccc2)cc1. The van der Waals surface area contributed by atoms with Crippen LogP contribution in [-0.2, 0) is 0 Å². The number of carbonyl (C=O) groups is 1. The van der Waals surface area contributed by atoms with Crippen molar-refractivity contribution in [2.75, 3.05) is 7.11 Å². The Balaban J connectivity index is 2.04. The summed E-state index contributed by atoms with van der Waals surface area (Å²) in [5, 5.41) is 0. The number of Topliss-reactive ketones (excluding diaryl/α,β-unsaturated/α-hetero) is 1. The third-order valence-corrected chi connectivity index (χ3v) is 3.61. The molecule has 0 aliphatic rings. The zero-order valence-corrected chi connectivity index (χ0v) is 12.2. The molecule has 1 heterocycles. The number of hydrogen-bond donors (Lipinski definition) is 0. The van der Waals surface area contributed by atoms with E-state index in [1.165, 1.54) is 6.26 Å². The van der Waals surface area contributed by atoms with Gasteiger partial charge in [0.25, 0.3) is 0 Å². The fraction of sp³-hybridized carbons (Fsp3) is 0.105. The highest BCUT2D eigenvalue weighted by Gasteiger charge is 2.25. The van der Waals surface area contributed by atoms with Crippen molar-refractivity contribution in [1.29, 1.82) is 0 Å². The number of ketones is 1. The van der Waals surface area contributed by atoms with E-state index in [2.05, 4.69) is 0 Å². The highest BCUT2D eigenvalue weighted by molar-refractivity contribution is 6.00. The van der Waals surface area contributed by atoms with E-state index in [9.17, 15) is 4.79 Å². The highest BCUT2D eigenvalue weighted by Crippen LogP contribution is 2.29. The molecule has 0 radical (unpaired) electrons. The van der Waals surface area contributed by atoms with Crippen LogP contribution in [0.25, 0.3) is 0 Å². The Labute approximate surface area is 129 Å². The Bertz CT molecular complexity index is 728. The molecule has 0 saturated carbocycles. The molecule has 2 aromatic carbocycles. The van der Waals surface area contributed by atoms with Crippen LogP contribution >= 0.6 is 0 Å². The molecule has 110 valence electrons. The van der Waals surface area contributed by atoms with Gasteiger partial charge in [-0.15, -0.1) is 0 Å². The minimum Gasteiger partial charge on any atom is -0.497 e. The lowest BCUT2D eigenvalue weighted by Crippen LogP contribution is -2.13. The summed E-state index contributed by atoms with van der Waals surface area (Å²) in [7, 11) is 1.62. The third kappa shape index (κ3) is 2.79. The second-order valence-electron chi connectivity index (χ2n) is 4.96. The molecule has 3 heteroatoms. The Morgan fingerprint density at radius 2 is 1.59 bits per heavy atom. The van der Waals surface area contributed by atoms with Crippen molar-refractivity contribution in [3.63, 3.8) is 0 Å². The van der Waals surface area contributed by atoms with Gasteiger partial charge in [0.15, 0.2) is 5.76 Å². The molecule has 0 unspecified atom stereocenters. The van der Waals surface area contributed by atoms with Crippen molar-refractivity contribution in [3.8, 4) is 5.75 Å². The Hall–Kier alpha value is -2.81. The van der Waals surface area contributed by atoms with E-state index in [-0.39, 0.29) is 5.78 Å². The molecule has 0 aliphatic heterocycles. The normalized spacial score (nSPS) is 11.9. The number of benzene rings is 2. The zero-order chi connectivity index (χ0) is 15.4. The fourth-order valence-electron chi connectivity index (χ4n) is 2.50. The van der Waals surface area contributed by atoms with Gasteiger partial charge in [-0.05, 0) is 35.4 Å². The summed E-state index contributed by atoms with van der Waals surface area (Å²) >= 11 is 0. The quantitative estimate of drug-likeness (QED) is 0.658. The molecule has 0 N–H and O–H groups in total. The Morgan fingerprint density at radius 3 is 2.18 bits per heavy atom. The number of hydrogen-bond acceptors (Lipinski definition) is 3. The smallest absolute Gasteiger partial charge is 0.209 e. The summed E-state index contributed by atoms with van der Waals surface area (Å²) in [6.07, 6.45) is 1.52. The van der Waals surface area contributed by atoms with Gasteiger partial charge in [0.05, 0.1) is 19.3 Å². The summed E-state index contributed by atoms with van der Waals surface area (Å²) in [6, 6.07) is 20.7. The maximum atomic E-state index is 12.8. The van der Waals surface area contributed by atoms with Crippen molar-refractivity contribution in [2.45, 2.75) is 5.92 Å². The van der Waals surface area contributed by atoms with Gasteiger partial charge in [-0.25, -0.2) is 0 Å². The molecule has 1 aromatic heterocycles. The predicted octanol–water partition coefficient (Wildman–Crippen LogP) is 4.30. The van der Waals surface area contributed by atoms with Crippen LogP contribution in [0.2, 0.25) is 0 Å². The van der Waals surface area contributed by atoms with Gasteiger partial charge < -0.3 is 9.15 Å². The second kappa shape index (κ2) is 6.31. The maximum absolute atomic E-state index is 12.8. The first kappa shape index (κ1) is 14.1. The standard InChI is InChI=1S/C19H16O3/c1-21-16-11-9-15(10-12-16)18(14-6-3-2-4-7-14)19(20)17-8-5-13-22-17/h2-13,18H,1H3/t18-/m0/s1. The number of carbonyl (C=O) groups excluding carboxylic acids is 1. The summed E-state index contributed by atoms with van der Waals surface area (Å²) < 4.78 is 10.5. The van der Waals surface area contributed by atoms with Gasteiger partial charge >= 0.3 is 0 Å². The molecule has 22 heavy (non-hydrogen) atoms. The maximum Gasteiger partial charge on any atom is 0.209 e. The first-order valence-corrected chi connectivity index (χ1v) is 7.06. The van der Waals surface area contributed by atoms with Gasteiger partial charge in [-0.3, -0.25) is 4.79 Å². The first-order chi connectivity index (χ1) is 10.8. The predicted molar refractivity (Wildman–Crippen MR) is 84.3 cm³/mol. The summed E-state index contributed by atoms with van der Waals surface area (Å²) in [6.45, 7) is 0. The minimum absolute atomic E-state index is 0.0543. The van der Waals surface area contributed by atoms with Crippen molar-refractivity contribution in [1.82, 2.24) is 0 Å². The van der Waals surface area contributed by atoms with Gasteiger partial charge in [0, 0.05) is 0 Å². The monoisotopic (exact) mass is 292 g/mol. The number of methoxy groups -OCH3 is 1. The molecule has 0 bridgehead atoms. The van der Waals surface area contributed by atoms with E-state index in [1.807, 2.05) is 54.6 Å². The average Bonchev–Trinajstić information content (AvgIpc) is 3.11. The van der Waals surface area contributed by atoms with Crippen molar-refractivity contribution in [2.24, 2.45) is 0 Å². The highest BCUT2D eigenvalue weighted by atomic mass is 16.5. The van der Waals surface area contributed by atoms with Crippen LogP contribution in [0.4, 0.5) is 0 Å². The number of rotatable bonds is 5. The fourth-order valence-corrected chi connectivity index (χ4v) is 2.50. The summed E-state index contributed by atoms with van der Waals surface area (Å²) in [5.74, 6) is 0.685. The lowest BCUT2D eigenvalue weighted by atomic mass is 9.87. The van der Waals surface area contributed by atoms with E-state index in [1.54, 1.807) is 19.2 Å². The molecule has 3 rings (SSSR count). The summed E-state index contributed by atoms with van der Waals surface area (Å²) in [5.41, 5.74) is 1.85. The van der Waals surface area contributed by atoms with Crippen molar-refractivity contribution < 1.29 is 13.9 Å². The molecular formula is C19H16O3. The zero-order valence-electron chi connectivity index (χ0n) is 12.2. The topological polar surface area (TPSA) is 39.4 Å². The molecule has 0 amide bonds. The lowest BCUT2D eigenvalue weighted by Gasteiger charge is -2.16. The third-order valence-electron chi connectivity index (χ3n) is 3.61. The van der Waals surface area contributed by atoms with Gasteiger partial charge in [0.2, 0.25) is 5.78 Å². The number of furan rings is 1. The first-order valence-electron chi connectivity index (χ1n) is 7.06. The molecule has 0 spiro atoms. The lowest BCUT2D eigenvalue weighted by molar-refractivity contribution is 0.0947. The Morgan fingerprint density at radius 1 is 0.909 bits per heavy atom. The second-order valence-corrected chi connectivity index (χ2v) is 4.96. The van der Waals surface area contributed by atoms with Gasteiger partial charge in [-0.2, -0.15) is 0 Å². The van der Waals surface area contributed by atoms with E-state index >= 15 is 0 Å². The van der Waals surface area contributed by atoms with Crippen LogP contribution in [0.3, 0.4) is 0 Å². The molecule has 0 fully saturated rings. The van der Waals surface area contributed by atoms with Crippen LogP contribution in [-0.4, -0.2) is 12.9 Å². The van der Waals surface area contributed by atoms with Gasteiger partial charge in [-0.1, -0.05) is 42.5 Å². The van der Waals surface area contributed by atoms with Crippen molar-refractivity contribution >= 4 is 5.78 Å². The molecule has 0 aliphatic carbocycles. The summed E-state index contributed by atoms with van der Waals surface area (Å²) in [4.78, 5) is 12.8. The van der Waals surface area contributed by atoms with Crippen LogP contribution in [0, 0.1) is 0 Å². The van der Waals surface area contributed by atoms with Crippen molar-refractivity contribution in [3.05, 3.63) is 89.9 Å². The van der Waals surface area contributed by atoms with Gasteiger partial charge in [0.1, 0.15) is 5.75 Å². The minimum atomic E-state index is -0.391. The van der Waals surface area contributed by atoms with Crippen LogP contribution < -0.4 is 4.74 Å². The Kier molecular flexibility index (Phi) is 4.05. The van der Waals surface area contributed by atoms with Crippen LogP contribution in [0.1, 0.15) is 27.6 Å². The molecule has 0 saturated heterocycles. The molecule has 3 nitrogen and oxygen atoms in total. The van der Waals surface area contributed by atoms with E-state index in [0.717, 1.165) is 16.9 Å².